The molecule has 0 radical (unpaired) electrons. The minimum atomic E-state index is -5.01. The third-order valence-electron chi connectivity index (χ3n) is 4.39. The molecule has 1 aromatic carbocycles. The highest BCUT2D eigenvalue weighted by Gasteiger charge is 2.42. The van der Waals surface area contributed by atoms with Gasteiger partial charge in [0.25, 0.3) is 5.91 Å². The molecule has 0 spiro atoms. The molecule has 2 heterocycles. The molecule has 5 nitrogen and oxygen atoms in total. The van der Waals surface area contributed by atoms with Crippen LogP contribution in [0.5, 0.6) is 0 Å². The summed E-state index contributed by atoms with van der Waals surface area (Å²) in [4.78, 5) is 14.0. The fourth-order valence-electron chi connectivity index (χ4n) is 3.30. The molecule has 0 aliphatic carbocycles. The maximum Gasteiger partial charge on any atom is 0.434 e. The van der Waals surface area contributed by atoms with E-state index in [1.54, 1.807) is 13.8 Å². The number of hydrogen-bond donors (Lipinski definition) is 0. The fraction of sp³-hybridized carbons (Fsp3) is 0.444. The van der Waals surface area contributed by atoms with E-state index in [-0.39, 0.29) is 25.3 Å². The third-order valence-corrected chi connectivity index (χ3v) is 4.39. The van der Waals surface area contributed by atoms with Crippen molar-refractivity contribution >= 4 is 5.91 Å². The maximum absolute atomic E-state index is 13.8. The van der Waals surface area contributed by atoms with Gasteiger partial charge in [0.15, 0.2) is 5.69 Å². The van der Waals surface area contributed by atoms with Crippen LogP contribution in [0.15, 0.2) is 30.5 Å². The highest BCUT2D eigenvalue weighted by molar-refractivity contribution is 5.95. The number of ether oxygens (including phenoxy) is 1. The van der Waals surface area contributed by atoms with Crippen LogP contribution >= 0.6 is 0 Å². The van der Waals surface area contributed by atoms with Gasteiger partial charge in [0.05, 0.1) is 35.2 Å². The number of rotatable bonds is 2. The second kappa shape index (κ2) is 7.36. The first-order valence-electron chi connectivity index (χ1n) is 8.65. The molecule has 0 N–H and O–H groups in total. The van der Waals surface area contributed by atoms with E-state index in [0.29, 0.717) is 10.7 Å². The van der Waals surface area contributed by atoms with Gasteiger partial charge >= 0.3 is 12.4 Å². The highest BCUT2D eigenvalue weighted by atomic mass is 19.4. The van der Waals surface area contributed by atoms with Crippen molar-refractivity contribution in [2.75, 3.05) is 13.1 Å². The molecule has 0 bridgehead atoms. The Morgan fingerprint density at radius 3 is 2.24 bits per heavy atom. The number of aromatic nitrogens is 2. The number of halogens is 6. The Labute approximate surface area is 161 Å². The molecule has 29 heavy (non-hydrogen) atoms. The van der Waals surface area contributed by atoms with Crippen LogP contribution in [0.2, 0.25) is 0 Å². The second-order valence-corrected chi connectivity index (χ2v) is 6.83. The van der Waals surface area contributed by atoms with Crippen LogP contribution in [0.25, 0.3) is 5.69 Å². The van der Waals surface area contributed by atoms with E-state index in [4.69, 9.17) is 4.74 Å². The van der Waals surface area contributed by atoms with Crippen LogP contribution in [0.1, 0.15) is 35.5 Å². The zero-order valence-corrected chi connectivity index (χ0v) is 15.4. The zero-order chi connectivity index (χ0) is 21.6. The van der Waals surface area contributed by atoms with Crippen molar-refractivity contribution in [2.24, 2.45) is 0 Å². The summed E-state index contributed by atoms with van der Waals surface area (Å²) in [5.74, 6) is -0.905. The van der Waals surface area contributed by atoms with Gasteiger partial charge in [-0.15, -0.1) is 0 Å². The van der Waals surface area contributed by atoms with Crippen molar-refractivity contribution in [1.82, 2.24) is 14.7 Å². The lowest BCUT2D eigenvalue weighted by Gasteiger charge is -2.35. The lowest BCUT2D eigenvalue weighted by molar-refractivity contribution is -0.143. The summed E-state index contributed by atoms with van der Waals surface area (Å²) in [6, 6.07) is 3.33. The fourth-order valence-corrected chi connectivity index (χ4v) is 3.30. The number of hydrogen-bond acceptors (Lipinski definition) is 3. The molecule has 158 valence electrons. The van der Waals surface area contributed by atoms with Crippen LogP contribution in [0, 0.1) is 0 Å². The van der Waals surface area contributed by atoms with Crippen LogP contribution in [0.4, 0.5) is 26.3 Å². The van der Waals surface area contributed by atoms with Gasteiger partial charge < -0.3 is 9.64 Å². The topological polar surface area (TPSA) is 47.4 Å². The molecule has 2 aromatic rings. The number of morpholine rings is 1. The lowest BCUT2D eigenvalue weighted by Crippen LogP contribution is -2.48. The Hall–Kier alpha value is -2.56. The van der Waals surface area contributed by atoms with Crippen LogP contribution in [0.3, 0.4) is 0 Å². The van der Waals surface area contributed by atoms with Crippen molar-refractivity contribution in [1.29, 1.82) is 0 Å². The van der Waals surface area contributed by atoms with Gasteiger partial charge in [-0.3, -0.25) is 4.79 Å². The van der Waals surface area contributed by atoms with Gasteiger partial charge in [-0.1, -0.05) is 6.07 Å². The Kier molecular flexibility index (Phi) is 5.37. The first-order chi connectivity index (χ1) is 13.4. The molecular weight excluding hydrogens is 404 g/mol. The minimum absolute atomic E-state index is 0.0925. The standard InChI is InChI=1S/C18H17F6N3O2/c1-10-8-26(9-11(2)29-10)16(28)14-7-25-27(15(14)18(22,23)24)13-5-3-4-12(6-13)17(19,20)21/h3-7,10-11H,8-9H2,1-2H3. The SMILES string of the molecule is CC1CN(C(=O)c2cnn(-c3cccc(C(F)(F)F)c3)c2C(F)(F)F)CC(C)O1. The maximum atomic E-state index is 13.8. The molecule has 1 amide bonds. The zero-order valence-electron chi connectivity index (χ0n) is 15.4. The van der Waals surface area contributed by atoms with E-state index >= 15 is 0 Å². The summed E-state index contributed by atoms with van der Waals surface area (Å²) in [6.45, 7) is 3.56. The number of carbonyl (C=O) groups is 1. The summed E-state index contributed by atoms with van der Waals surface area (Å²) in [5, 5.41) is 3.58. The summed E-state index contributed by atoms with van der Waals surface area (Å²) in [7, 11) is 0. The van der Waals surface area contributed by atoms with Gasteiger partial charge in [-0.05, 0) is 32.0 Å². The average molecular weight is 421 g/mol. The van der Waals surface area contributed by atoms with E-state index in [0.717, 1.165) is 24.4 Å². The third kappa shape index (κ3) is 4.39. The second-order valence-electron chi connectivity index (χ2n) is 6.83. The van der Waals surface area contributed by atoms with E-state index in [9.17, 15) is 31.1 Å². The highest BCUT2D eigenvalue weighted by Crippen LogP contribution is 2.36. The number of alkyl halides is 6. The van der Waals surface area contributed by atoms with Crippen molar-refractivity contribution < 1.29 is 35.9 Å². The van der Waals surface area contributed by atoms with E-state index in [2.05, 4.69) is 5.10 Å². The van der Waals surface area contributed by atoms with Gasteiger partial charge in [0, 0.05) is 13.1 Å². The number of benzene rings is 1. The Balaban J connectivity index is 2.06. The minimum Gasteiger partial charge on any atom is -0.372 e. The molecule has 1 saturated heterocycles. The van der Waals surface area contributed by atoms with Crippen molar-refractivity contribution in [2.45, 2.75) is 38.4 Å². The van der Waals surface area contributed by atoms with E-state index in [1.165, 1.54) is 4.90 Å². The summed E-state index contributed by atoms with van der Waals surface area (Å²) in [5.41, 5.74) is -3.72. The lowest BCUT2D eigenvalue weighted by atomic mass is 10.1. The monoisotopic (exact) mass is 421 g/mol. The van der Waals surface area contributed by atoms with Crippen LogP contribution in [-0.4, -0.2) is 45.9 Å². The van der Waals surface area contributed by atoms with Crippen molar-refractivity contribution in [3.05, 3.63) is 47.3 Å². The predicted octanol–water partition coefficient (Wildman–Crippen LogP) is 4.16. The molecule has 1 aliphatic heterocycles. The van der Waals surface area contributed by atoms with Gasteiger partial charge in [-0.2, -0.15) is 31.4 Å². The summed E-state index contributed by atoms with van der Waals surface area (Å²) < 4.78 is 85.9. The molecule has 1 aromatic heterocycles. The number of carbonyl (C=O) groups excluding carboxylic acids is 1. The number of amides is 1. The average Bonchev–Trinajstić information content (AvgIpc) is 3.05. The Morgan fingerprint density at radius 2 is 1.69 bits per heavy atom. The van der Waals surface area contributed by atoms with E-state index < -0.39 is 40.8 Å². The number of nitrogens with zero attached hydrogens (tertiary/aromatic N) is 3. The van der Waals surface area contributed by atoms with Crippen LogP contribution in [-0.2, 0) is 17.1 Å². The first kappa shape index (κ1) is 21.2. The van der Waals surface area contributed by atoms with Crippen molar-refractivity contribution in [3.8, 4) is 5.69 Å². The molecule has 11 heteroatoms. The Bertz CT molecular complexity index is 896. The normalized spacial score (nSPS) is 20.8. The summed E-state index contributed by atoms with van der Waals surface area (Å²) >= 11 is 0. The quantitative estimate of drug-likeness (QED) is 0.685. The first-order valence-corrected chi connectivity index (χ1v) is 8.65. The molecule has 2 unspecified atom stereocenters. The van der Waals surface area contributed by atoms with Gasteiger partial charge in [-0.25, -0.2) is 4.68 Å². The molecular formula is C18H17F6N3O2. The van der Waals surface area contributed by atoms with E-state index in [1.807, 2.05) is 0 Å². The molecule has 0 saturated carbocycles. The summed E-state index contributed by atoms with van der Waals surface area (Å²) in [6.07, 6.45) is -9.75. The predicted molar refractivity (Wildman–Crippen MR) is 89.5 cm³/mol. The van der Waals surface area contributed by atoms with Gasteiger partial charge in [0.2, 0.25) is 0 Å². The molecule has 1 aliphatic rings. The van der Waals surface area contributed by atoms with Crippen molar-refractivity contribution in [3.63, 3.8) is 0 Å². The molecule has 1 fully saturated rings. The molecule has 2 atom stereocenters. The molecule has 3 rings (SSSR count). The Morgan fingerprint density at radius 1 is 1.07 bits per heavy atom. The largest absolute Gasteiger partial charge is 0.434 e. The van der Waals surface area contributed by atoms with Gasteiger partial charge in [0.1, 0.15) is 0 Å². The smallest absolute Gasteiger partial charge is 0.372 e. The van der Waals surface area contributed by atoms with Crippen LogP contribution < -0.4 is 0 Å².